The van der Waals surface area contributed by atoms with Gasteiger partial charge in [-0.2, -0.15) is 0 Å². The maximum absolute atomic E-state index is 11.7. The third kappa shape index (κ3) is 2.48. The summed E-state index contributed by atoms with van der Waals surface area (Å²) in [6, 6.07) is 0. The van der Waals surface area contributed by atoms with Crippen LogP contribution in [0.2, 0.25) is 0 Å². The molecule has 0 radical (unpaired) electrons. The quantitative estimate of drug-likeness (QED) is 0.627. The molecule has 0 aromatic carbocycles. The number of likely N-dealkylation sites (tertiary alicyclic amines) is 1. The van der Waals surface area contributed by atoms with Gasteiger partial charge in [-0.05, 0) is 34.9 Å². The average Bonchev–Trinajstić information content (AvgIpc) is 1.98. The lowest BCUT2D eigenvalue weighted by molar-refractivity contribution is -0.0259. The van der Waals surface area contributed by atoms with Gasteiger partial charge in [-0.25, -0.2) is 4.79 Å². The first-order chi connectivity index (χ1) is 7.20. The Balaban J connectivity index is 2.53. The minimum atomic E-state index is -0.455. The number of ether oxygens (including phenoxy) is 1. The Morgan fingerprint density at radius 3 is 2.25 bits per heavy atom. The van der Waals surface area contributed by atoms with Crippen molar-refractivity contribution in [1.29, 1.82) is 0 Å². The number of nitrogens with zero attached hydrogens (tertiary/aromatic N) is 2. The largest absolute Gasteiger partial charge is 0.444 e. The molecule has 1 aliphatic heterocycles. The number of carbonyl (C=O) groups excluding carboxylic acids is 1. The summed E-state index contributed by atoms with van der Waals surface area (Å²) in [6.45, 7) is 6.62. The van der Waals surface area contributed by atoms with E-state index in [1.165, 1.54) is 0 Å². The van der Waals surface area contributed by atoms with Crippen LogP contribution in [-0.4, -0.2) is 54.2 Å². The van der Waals surface area contributed by atoms with E-state index in [1.54, 1.807) is 4.90 Å². The first kappa shape index (κ1) is 12.9. The molecular formula is C12H20N2O2. The molecule has 0 N–H and O–H groups in total. The van der Waals surface area contributed by atoms with Gasteiger partial charge in [0, 0.05) is 0 Å². The molecule has 90 valence electrons. The van der Waals surface area contributed by atoms with E-state index in [-0.39, 0.29) is 11.6 Å². The second-order valence-electron chi connectivity index (χ2n) is 5.41. The Morgan fingerprint density at radius 2 is 1.94 bits per heavy atom. The van der Waals surface area contributed by atoms with Crippen molar-refractivity contribution < 1.29 is 9.53 Å². The molecule has 0 aliphatic carbocycles. The number of carbonyl (C=O) groups is 1. The Kier molecular flexibility index (Phi) is 3.20. The fraction of sp³-hybridized carbons (Fsp3) is 0.750. The number of hydrogen-bond acceptors (Lipinski definition) is 3. The zero-order valence-corrected chi connectivity index (χ0v) is 10.7. The van der Waals surface area contributed by atoms with Gasteiger partial charge in [-0.3, -0.25) is 4.90 Å². The Morgan fingerprint density at radius 1 is 1.44 bits per heavy atom. The van der Waals surface area contributed by atoms with Crippen LogP contribution in [0.25, 0.3) is 0 Å². The van der Waals surface area contributed by atoms with Gasteiger partial charge in [0.15, 0.2) is 0 Å². The van der Waals surface area contributed by atoms with Crippen molar-refractivity contribution in [2.75, 3.05) is 27.2 Å². The fourth-order valence-corrected chi connectivity index (χ4v) is 1.54. The molecule has 0 atom stereocenters. The molecule has 0 saturated carbocycles. The minimum Gasteiger partial charge on any atom is -0.444 e. The van der Waals surface area contributed by atoms with Gasteiger partial charge in [-0.1, -0.05) is 5.92 Å². The van der Waals surface area contributed by atoms with E-state index >= 15 is 0 Å². The molecule has 4 heteroatoms. The highest BCUT2D eigenvalue weighted by atomic mass is 16.6. The highest BCUT2D eigenvalue weighted by Gasteiger charge is 2.47. The molecule has 1 aliphatic rings. The maximum Gasteiger partial charge on any atom is 0.410 e. The van der Waals surface area contributed by atoms with Crippen LogP contribution in [0.4, 0.5) is 4.79 Å². The molecule has 1 rings (SSSR count). The molecule has 1 heterocycles. The molecule has 4 nitrogen and oxygen atoms in total. The van der Waals surface area contributed by atoms with Crippen LogP contribution in [0.1, 0.15) is 20.8 Å². The van der Waals surface area contributed by atoms with Gasteiger partial charge in [0.2, 0.25) is 0 Å². The molecule has 1 fully saturated rings. The van der Waals surface area contributed by atoms with Crippen molar-refractivity contribution >= 4 is 6.09 Å². The monoisotopic (exact) mass is 224 g/mol. The minimum absolute atomic E-state index is 0.291. The van der Waals surface area contributed by atoms with Crippen LogP contribution >= 0.6 is 0 Å². The molecule has 0 bridgehead atoms. The summed E-state index contributed by atoms with van der Waals surface area (Å²) in [5.74, 6) is 2.74. The normalized spacial score (nSPS) is 18.9. The van der Waals surface area contributed by atoms with Gasteiger partial charge in [-0.15, -0.1) is 6.42 Å². The Labute approximate surface area is 97.5 Å². The second-order valence-corrected chi connectivity index (χ2v) is 5.41. The van der Waals surface area contributed by atoms with Gasteiger partial charge in [0.1, 0.15) is 11.1 Å². The van der Waals surface area contributed by atoms with E-state index in [1.807, 2.05) is 39.8 Å². The Hall–Kier alpha value is -1.21. The summed E-state index contributed by atoms with van der Waals surface area (Å²) in [7, 11) is 3.85. The van der Waals surface area contributed by atoms with E-state index in [2.05, 4.69) is 5.92 Å². The highest BCUT2D eigenvalue weighted by Crippen LogP contribution is 2.26. The zero-order chi connectivity index (χ0) is 12.6. The molecule has 0 unspecified atom stereocenters. The topological polar surface area (TPSA) is 32.8 Å². The lowest BCUT2D eigenvalue weighted by atomic mass is 9.90. The highest BCUT2D eigenvalue weighted by molar-refractivity contribution is 5.70. The van der Waals surface area contributed by atoms with Crippen LogP contribution in [0.5, 0.6) is 0 Å². The predicted molar refractivity (Wildman–Crippen MR) is 63.1 cm³/mol. The third-order valence-corrected chi connectivity index (χ3v) is 2.68. The molecule has 1 saturated heterocycles. The van der Waals surface area contributed by atoms with Crippen LogP contribution in [0.3, 0.4) is 0 Å². The van der Waals surface area contributed by atoms with Crippen molar-refractivity contribution in [2.45, 2.75) is 31.9 Å². The number of amides is 1. The second kappa shape index (κ2) is 3.99. The van der Waals surface area contributed by atoms with Gasteiger partial charge in [0.05, 0.1) is 13.1 Å². The fourth-order valence-electron chi connectivity index (χ4n) is 1.54. The molecule has 16 heavy (non-hydrogen) atoms. The lowest BCUT2D eigenvalue weighted by Crippen LogP contribution is -2.69. The van der Waals surface area contributed by atoms with Crippen molar-refractivity contribution in [2.24, 2.45) is 0 Å². The molecule has 0 aromatic heterocycles. The predicted octanol–water partition coefficient (Wildman–Crippen LogP) is 1.17. The molecular weight excluding hydrogens is 204 g/mol. The van der Waals surface area contributed by atoms with Crippen molar-refractivity contribution in [3.63, 3.8) is 0 Å². The van der Waals surface area contributed by atoms with Crippen molar-refractivity contribution in [3.8, 4) is 12.3 Å². The van der Waals surface area contributed by atoms with Crippen LogP contribution in [-0.2, 0) is 4.74 Å². The van der Waals surface area contributed by atoms with E-state index < -0.39 is 5.60 Å². The van der Waals surface area contributed by atoms with Gasteiger partial charge >= 0.3 is 6.09 Å². The Bertz CT molecular complexity index is 317. The lowest BCUT2D eigenvalue weighted by Gasteiger charge is -2.50. The summed E-state index contributed by atoms with van der Waals surface area (Å²) in [5.41, 5.74) is -0.777. The van der Waals surface area contributed by atoms with Gasteiger partial charge < -0.3 is 9.64 Å². The maximum atomic E-state index is 11.7. The first-order valence-corrected chi connectivity index (χ1v) is 5.33. The number of rotatable bonds is 1. The summed E-state index contributed by atoms with van der Waals surface area (Å²) < 4.78 is 5.26. The summed E-state index contributed by atoms with van der Waals surface area (Å²) in [4.78, 5) is 15.3. The van der Waals surface area contributed by atoms with Crippen LogP contribution < -0.4 is 0 Å². The first-order valence-electron chi connectivity index (χ1n) is 5.33. The standard InChI is InChI=1S/C12H20N2O2/c1-7-12(13(5)6)8-14(9-12)10(15)16-11(2,3)4/h1H,8-9H2,2-6H3. The number of hydrogen-bond donors (Lipinski definition) is 0. The van der Waals surface area contributed by atoms with Crippen LogP contribution in [0.15, 0.2) is 0 Å². The van der Waals surface area contributed by atoms with Crippen LogP contribution in [0, 0.1) is 12.3 Å². The average molecular weight is 224 g/mol. The summed E-state index contributed by atoms with van der Waals surface area (Å²) in [6.07, 6.45) is 5.20. The molecule has 1 amide bonds. The third-order valence-electron chi connectivity index (χ3n) is 2.68. The molecule has 0 aromatic rings. The summed E-state index contributed by atoms with van der Waals surface area (Å²) in [5, 5.41) is 0. The van der Waals surface area contributed by atoms with Crippen molar-refractivity contribution in [3.05, 3.63) is 0 Å². The van der Waals surface area contributed by atoms with E-state index in [4.69, 9.17) is 11.2 Å². The number of likely N-dealkylation sites (N-methyl/N-ethyl adjacent to an activating group) is 1. The molecule has 0 spiro atoms. The summed E-state index contributed by atoms with van der Waals surface area (Å²) >= 11 is 0. The zero-order valence-electron chi connectivity index (χ0n) is 10.7. The van der Waals surface area contributed by atoms with E-state index in [0.717, 1.165) is 0 Å². The SMILES string of the molecule is C#CC1(N(C)C)CN(C(=O)OC(C)(C)C)C1. The van der Waals surface area contributed by atoms with E-state index in [0.29, 0.717) is 13.1 Å². The van der Waals surface area contributed by atoms with E-state index in [9.17, 15) is 4.79 Å². The smallest absolute Gasteiger partial charge is 0.410 e. The van der Waals surface area contributed by atoms with Crippen molar-refractivity contribution in [1.82, 2.24) is 9.80 Å². The van der Waals surface area contributed by atoms with Gasteiger partial charge in [0.25, 0.3) is 0 Å². The number of terminal acetylenes is 1.